The van der Waals surface area contributed by atoms with Crippen LogP contribution in [0.5, 0.6) is 11.5 Å². The second-order valence-corrected chi connectivity index (χ2v) is 12.3. The number of H-pyrrole nitrogens is 1. The Morgan fingerprint density at radius 1 is 0.878 bits per heavy atom. The predicted octanol–water partition coefficient (Wildman–Crippen LogP) is 6.03. The molecular weight excluding hydrogens is 512 g/mol. The zero-order valence-corrected chi connectivity index (χ0v) is 24.0. The average Bonchev–Trinajstić information content (AvgIpc) is 3.01. The number of likely N-dealkylation sites (tertiary alicyclic amines) is 1. The standard InChI is InChI=1S/C34H42N4O3/c39-33-22-29(38-15-17-40-18-16-38)21-31(36-33)30-8-4-7-25-19-26-20-28(9-10-32(26)41-34(25)30)35-27-11-13-37(14-12-27)23-24-5-2-1-3-6-24/h4,7-10,20-22,24,27,35H,1-3,5-6,11-19,23H2,(H,36,39). The van der Waals surface area contributed by atoms with Gasteiger partial charge in [0, 0.05) is 73.8 Å². The van der Waals surface area contributed by atoms with E-state index >= 15 is 0 Å². The van der Waals surface area contributed by atoms with Crippen LogP contribution in [0.15, 0.2) is 53.3 Å². The highest BCUT2D eigenvalue weighted by Gasteiger charge is 2.25. The van der Waals surface area contributed by atoms with Gasteiger partial charge in [0.25, 0.3) is 0 Å². The van der Waals surface area contributed by atoms with Crippen LogP contribution in [-0.2, 0) is 11.2 Å². The van der Waals surface area contributed by atoms with Crippen molar-refractivity contribution in [3.8, 4) is 22.8 Å². The number of para-hydroxylation sites is 1. The number of morpholine rings is 1. The summed E-state index contributed by atoms with van der Waals surface area (Å²) in [5.41, 5.74) is 6.05. The van der Waals surface area contributed by atoms with Gasteiger partial charge >= 0.3 is 0 Å². The summed E-state index contributed by atoms with van der Waals surface area (Å²) >= 11 is 0. The summed E-state index contributed by atoms with van der Waals surface area (Å²) in [5.74, 6) is 2.65. The first-order valence-electron chi connectivity index (χ1n) is 15.7. The third-order valence-corrected chi connectivity index (χ3v) is 9.44. The number of aromatic nitrogens is 1. The Morgan fingerprint density at radius 3 is 2.54 bits per heavy atom. The van der Waals surface area contributed by atoms with Crippen LogP contribution in [-0.4, -0.2) is 61.9 Å². The third kappa shape index (κ3) is 6.02. The molecule has 0 bridgehead atoms. The Balaban J connectivity index is 1.03. The van der Waals surface area contributed by atoms with Crippen LogP contribution >= 0.6 is 0 Å². The second-order valence-electron chi connectivity index (χ2n) is 12.3. The van der Waals surface area contributed by atoms with E-state index in [1.165, 1.54) is 75.8 Å². The van der Waals surface area contributed by atoms with Gasteiger partial charge in [-0.25, -0.2) is 0 Å². The van der Waals surface area contributed by atoms with Crippen molar-refractivity contribution in [2.45, 2.75) is 57.4 Å². The topological polar surface area (TPSA) is 69.8 Å². The van der Waals surface area contributed by atoms with E-state index in [0.29, 0.717) is 19.3 Å². The summed E-state index contributed by atoms with van der Waals surface area (Å²) in [5, 5.41) is 3.82. The van der Waals surface area contributed by atoms with Gasteiger partial charge in [-0.15, -0.1) is 0 Å². The predicted molar refractivity (Wildman–Crippen MR) is 165 cm³/mol. The van der Waals surface area contributed by atoms with E-state index in [4.69, 9.17) is 9.47 Å². The molecule has 3 fully saturated rings. The first-order valence-corrected chi connectivity index (χ1v) is 15.7. The van der Waals surface area contributed by atoms with Crippen molar-refractivity contribution in [3.63, 3.8) is 0 Å². The molecule has 4 heterocycles. The maximum Gasteiger partial charge on any atom is 0.250 e. The molecule has 7 rings (SSSR count). The van der Waals surface area contributed by atoms with Crippen LogP contribution in [0.4, 0.5) is 11.4 Å². The third-order valence-electron chi connectivity index (χ3n) is 9.44. The molecule has 3 aliphatic heterocycles. The summed E-state index contributed by atoms with van der Waals surface area (Å²) in [6.07, 6.45) is 10.4. The van der Waals surface area contributed by atoms with E-state index in [9.17, 15) is 4.79 Å². The highest BCUT2D eigenvalue weighted by Crippen LogP contribution is 2.43. The first kappa shape index (κ1) is 26.6. The van der Waals surface area contributed by atoms with Gasteiger partial charge in [-0.05, 0) is 67.5 Å². The van der Waals surface area contributed by atoms with E-state index in [2.05, 4.69) is 56.5 Å². The molecule has 2 aromatic carbocycles. The lowest BCUT2D eigenvalue weighted by Gasteiger charge is -2.36. The van der Waals surface area contributed by atoms with Crippen molar-refractivity contribution in [2.24, 2.45) is 5.92 Å². The van der Waals surface area contributed by atoms with Crippen LogP contribution in [0, 0.1) is 5.92 Å². The maximum atomic E-state index is 12.6. The lowest BCUT2D eigenvalue weighted by Crippen LogP contribution is -2.41. The Kier molecular flexibility index (Phi) is 7.72. The number of anilines is 2. The highest BCUT2D eigenvalue weighted by atomic mass is 16.5. The largest absolute Gasteiger partial charge is 0.456 e. The van der Waals surface area contributed by atoms with E-state index in [-0.39, 0.29) is 5.56 Å². The molecule has 0 spiro atoms. The van der Waals surface area contributed by atoms with Crippen molar-refractivity contribution in [2.75, 3.05) is 56.2 Å². The maximum absolute atomic E-state index is 12.6. The smallest absolute Gasteiger partial charge is 0.250 e. The van der Waals surface area contributed by atoms with Crippen molar-refractivity contribution in [1.29, 1.82) is 0 Å². The number of hydrogen-bond donors (Lipinski definition) is 2. The van der Waals surface area contributed by atoms with E-state index in [1.54, 1.807) is 6.07 Å². The molecule has 0 radical (unpaired) electrons. The van der Waals surface area contributed by atoms with Gasteiger partial charge in [-0.2, -0.15) is 0 Å². The van der Waals surface area contributed by atoms with Gasteiger partial charge in [0.2, 0.25) is 5.56 Å². The van der Waals surface area contributed by atoms with Gasteiger partial charge in [-0.1, -0.05) is 31.4 Å². The fraction of sp³-hybridized carbons (Fsp3) is 0.500. The highest BCUT2D eigenvalue weighted by molar-refractivity contribution is 5.74. The minimum atomic E-state index is -0.103. The molecule has 1 saturated carbocycles. The molecule has 0 amide bonds. The van der Waals surface area contributed by atoms with Crippen molar-refractivity contribution in [3.05, 3.63) is 70.0 Å². The molecule has 41 heavy (non-hydrogen) atoms. The number of rotatable bonds is 6. The van der Waals surface area contributed by atoms with E-state index in [0.717, 1.165) is 59.4 Å². The number of nitrogens with one attached hydrogen (secondary N) is 2. The number of nitrogens with zero attached hydrogens (tertiary/aromatic N) is 2. The quantitative estimate of drug-likeness (QED) is 0.303. The average molecular weight is 555 g/mol. The minimum absolute atomic E-state index is 0.103. The molecule has 1 aliphatic carbocycles. The molecule has 4 aliphatic rings. The Hall–Kier alpha value is -3.29. The number of pyridine rings is 1. The number of piperidine rings is 1. The normalized spacial score (nSPS) is 20.2. The summed E-state index contributed by atoms with van der Waals surface area (Å²) in [6.45, 7) is 6.64. The minimum Gasteiger partial charge on any atom is -0.456 e. The summed E-state index contributed by atoms with van der Waals surface area (Å²) in [6, 6.07) is 17.0. The zero-order chi connectivity index (χ0) is 27.6. The molecule has 3 aromatic rings. The summed E-state index contributed by atoms with van der Waals surface area (Å²) < 4.78 is 12.0. The van der Waals surface area contributed by atoms with Gasteiger partial charge in [0.05, 0.1) is 18.9 Å². The molecule has 2 saturated heterocycles. The van der Waals surface area contributed by atoms with Gasteiger partial charge in [0.15, 0.2) is 0 Å². The van der Waals surface area contributed by atoms with E-state index < -0.39 is 0 Å². The Bertz CT molecular complexity index is 1420. The van der Waals surface area contributed by atoms with Gasteiger partial charge in [0.1, 0.15) is 11.5 Å². The van der Waals surface area contributed by atoms with Gasteiger partial charge < -0.3 is 29.6 Å². The van der Waals surface area contributed by atoms with Crippen molar-refractivity contribution >= 4 is 11.4 Å². The van der Waals surface area contributed by atoms with Crippen LogP contribution < -0.4 is 20.5 Å². The molecule has 216 valence electrons. The lowest BCUT2D eigenvalue weighted by molar-refractivity contribution is 0.122. The monoisotopic (exact) mass is 554 g/mol. The number of benzene rings is 2. The molecule has 2 N–H and O–H groups in total. The second kappa shape index (κ2) is 11.9. The Labute approximate surface area is 242 Å². The van der Waals surface area contributed by atoms with E-state index in [1.807, 2.05) is 6.07 Å². The SMILES string of the molecule is O=c1cc(N2CCOCC2)cc(-c2cccc3c2Oc2ccc(NC4CCN(CC5CCCCC5)CC4)cc2C3)[nH]1. The molecule has 7 heteroatoms. The molecule has 0 atom stereocenters. The Morgan fingerprint density at radius 2 is 1.71 bits per heavy atom. The summed E-state index contributed by atoms with van der Waals surface area (Å²) in [7, 11) is 0. The summed E-state index contributed by atoms with van der Waals surface area (Å²) in [4.78, 5) is 20.6. The lowest BCUT2D eigenvalue weighted by atomic mass is 9.88. The van der Waals surface area contributed by atoms with Crippen LogP contribution in [0.2, 0.25) is 0 Å². The number of hydrogen-bond acceptors (Lipinski definition) is 6. The van der Waals surface area contributed by atoms with Crippen LogP contribution in [0.25, 0.3) is 11.3 Å². The van der Waals surface area contributed by atoms with Gasteiger partial charge in [-0.3, -0.25) is 4.79 Å². The van der Waals surface area contributed by atoms with Crippen molar-refractivity contribution in [1.82, 2.24) is 9.88 Å². The number of ether oxygens (including phenoxy) is 2. The van der Waals surface area contributed by atoms with Crippen molar-refractivity contribution < 1.29 is 9.47 Å². The first-order chi connectivity index (χ1) is 20.2. The fourth-order valence-electron chi connectivity index (χ4n) is 7.19. The zero-order valence-electron chi connectivity index (χ0n) is 24.0. The van der Waals surface area contributed by atoms with Crippen LogP contribution in [0.3, 0.4) is 0 Å². The molecular formula is C34H42N4O3. The molecule has 7 nitrogen and oxygen atoms in total. The van der Waals surface area contributed by atoms with Crippen LogP contribution in [0.1, 0.15) is 56.1 Å². The fourth-order valence-corrected chi connectivity index (χ4v) is 7.19. The number of fused-ring (bicyclic) bond motifs is 2. The molecule has 1 aromatic heterocycles. The number of aromatic amines is 1. The molecule has 0 unspecified atom stereocenters.